The fourth-order valence-electron chi connectivity index (χ4n) is 4.27. The summed E-state index contributed by atoms with van der Waals surface area (Å²) in [5, 5.41) is 11.2. The molecule has 0 spiro atoms. The number of methoxy groups -OCH3 is 1. The fourth-order valence-corrected chi connectivity index (χ4v) is 4.27. The zero-order valence-electron chi connectivity index (χ0n) is 20.1. The molecule has 1 atom stereocenters. The van der Waals surface area contributed by atoms with Gasteiger partial charge in [0.2, 0.25) is 0 Å². The Morgan fingerprint density at radius 2 is 1.86 bits per heavy atom. The summed E-state index contributed by atoms with van der Waals surface area (Å²) in [5.41, 5.74) is 1.28. The van der Waals surface area contributed by atoms with Crippen LogP contribution in [0.4, 0.5) is 0 Å². The summed E-state index contributed by atoms with van der Waals surface area (Å²) >= 11 is 0. The van der Waals surface area contributed by atoms with E-state index in [-0.39, 0.29) is 17.9 Å². The van der Waals surface area contributed by atoms with Crippen molar-refractivity contribution in [2.75, 3.05) is 20.3 Å². The first-order valence-corrected chi connectivity index (χ1v) is 11.6. The lowest BCUT2D eigenvalue weighted by molar-refractivity contribution is -0.139. The number of aliphatic hydroxyl groups is 1. The van der Waals surface area contributed by atoms with Crippen LogP contribution in [0.15, 0.2) is 72.8 Å². The van der Waals surface area contributed by atoms with Gasteiger partial charge in [0.15, 0.2) is 0 Å². The van der Waals surface area contributed by atoms with Gasteiger partial charge in [-0.05, 0) is 43.2 Å². The molecule has 9 nitrogen and oxygen atoms in total. The van der Waals surface area contributed by atoms with Crippen molar-refractivity contribution in [3.63, 3.8) is 0 Å². The van der Waals surface area contributed by atoms with Gasteiger partial charge in [-0.15, -0.1) is 0 Å². The van der Waals surface area contributed by atoms with E-state index >= 15 is 0 Å². The van der Waals surface area contributed by atoms with E-state index < -0.39 is 23.7 Å². The summed E-state index contributed by atoms with van der Waals surface area (Å²) in [4.78, 5) is 43.7. The minimum atomic E-state index is -0.824. The molecule has 1 aliphatic rings. The van der Waals surface area contributed by atoms with Gasteiger partial charge in [0, 0.05) is 31.0 Å². The van der Waals surface area contributed by atoms with Crippen LogP contribution < -0.4 is 4.74 Å². The molecule has 0 aliphatic carbocycles. The van der Waals surface area contributed by atoms with Crippen LogP contribution in [0.25, 0.3) is 5.76 Å². The highest BCUT2D eigenvalue weighted by molar-refractivity contribution is 6.46. The molecule has 0 bridgehead atoms. The fraction of sp³-hybridized carbons (Fsp3) is 0.259. The Balaban J connectivity index is 1.74. The molecule has 1 amide bonds. The molecule has 2 aromatic carbocycles. The lowest BCUT2D eigenvalue weighted by Gasteiger charge is -2.25. The average Bonchev–Trinajstić information content (AvgIpc) is 3.50. The zero-order chi connectivity index (χ0) is 25.7. The molecule has 1 aliphatic heterocycles. The summed E-state index contributed by atoms with van der Waals surface area (Å²) in [5.74, 6) is -1.70. The van der Waals surface area contributed by atoms with Crippen molar-refractivity contribution in [1.29, 1.82) is 0 Å². The number of amides is 1. The van der Waals surface area contributed by atoms with Crippen molar-refractivity contribution in [2.45, 2.75) is 25.9 Å². The number of carbonyl (C=O) groups excluding carboxylic acids is 3. The van der Waals surface area contributed by atoms with Gasteiger partial charge in [0.25, 0.3) is 11.7 Å². The van der Waals surface area contributed by atoms with Crippen molar-refractivity contribution in [3.8, 4) is 5.75 Å². The van der Waals surface area contributed by atoms with Gasteiger partial charge < -0.3 is 24.0 Å². The van der Waals surface area contributed by atoms with Crippen LogP contribution in [0, 0.1) is 0 Å². The third-order valence-electron chi connectivity index (χ3n) is 5.98. The Morgan fingerprint density at radius 3 is 2.53 bits per heavy atom. The van der Waals surface area contributed by atoms with E-state index in [0.29, 0.717) is 42.0 Å². The number of ketones is 1. The largest absolute Gasteiger partial charge is 0.507 e. The molecular weight excluding hydrogens is 462 g/mol. The number of nitrogens with zero attached hydrogens (tertiary/aromatic N) is 3. The number of aliphatic hydroxyl groups excluding tert-OH is 1. The molecular formula is C27H27N3O6. The van der Waals surface area contributed by atoms with E-state index in [1.807, 2.05) is 17.7 Å². The number of Topliss-reactive ketones (excluding diaryl/α,β-unsaturated/α-hetero) is 1. The van der Waals surface area contributed by atoms with Gasteiger partial charge >= 0.3 is 5.97 Å². The number of esters is 1. The standard InChI is InChI=1S/C27H27N3O6/c1-3-36-21-7-4-6-20(16-21)24(31)22-23(18-8-10-19(11-9-18)27(34)35-2)30(26(33)25(22)32)14-5-13-29-15-12-28-17-29/h4,6-12,15-17,23,31H,3,5,13-14H2,1-2H3/b24-22+. The van der Waals surface area contributed by atoms with Crippen molar-refractivity contribution >= 4 is 23.4 Å². The molecule has 2 heterocycles. The van der Waals surface area contributed by atoms with Crippen LogP contribution in [0.1, 0.15) is 40.9 Å². The van der Waals surface area contributed by atoms with Crippen LogP contribution in [0.5, 0.6) is 5.75 Å². The number of benzene rings is 2. The molecule has 1 unspecified atom stereocenters. The van der Waals surface area contributed by atoms with Gasteiger partial charge in [0.05, 0.1) is 37.2 Å². The van der Waals surface area contributed by atoms with Crippen molar-refractivity contribution < 1.29 is 29.0 Å². The normalized spacial score (nSPS) is 16.8. The van der Waals surface area contributed by atoms with Crippen LogP contribution >= 0.6 is 0 Å². The topological polar surface area (TPSA) is 111 Å². The monoisotopic (exact) mass is 489 g/mol. The predicted molar refractivity (Wildman–Crippen MR) is 131 cm³/mol. The Bertz CT molecular complexity index is 1280. The van der Waals surface area contributed by atoms with Crippen molar-refractivity contribution in [1.82, 2.24) is 14.5 Å². The van der Waals surface area contributed by atoms with Crippen LogP contribution in [0.3, 0.4) is 0 Å². The van der Waals surface area contributed by atoms with Gasteiger partial charge in [-0.25, -0.2) is 9.78 Å². The highest BCUT2D eigenvalue weighted by Crippen LogP contribution is 2.40. The number of hydrogen-bond acceptors (Lipinski definition) is 7. The highest BCUT2D eigenvalue weighted by atomic mass is 16.5. The number of ether oxygens (including phenoxy) is 2. The highest BCUT2D eigenvalue weighted by Gasteiger charge is 2.45. The van der Waals surface area contributed by atoms with Crippen molar-refractivity contribution in [3.05, 3.63) is 89.5 Å². The summed E-state index contributed by atoms with van der Waals surface area (Å²) in [6, 6.07) is 12.4. The minimum absolute atomic E-state index is 0.0119. The maximum atomic E-state index is 13.2. The Morgan fingerprint density at radius 1 is 1.08 bits per heavy atom. The third kappa shape index (κ3) is 5.00. The van der Waals surface area contributed by atoms with Crippen LogP contribution in [-0.4, -0.2) is 57.5 Å². The first-order chi connectivity index (χ1) is 17.4. The Kier molecular flexibility index (Phi) is 7.48. The zero-order valence-corrected chi connectivity index (χ0v) is 20.1. The van der Waals surface area contributed by atoms with Gasteiger partial charge in [0.1, 0.15) is 11.5 Å². The maximum Gasteiger partial charge on any atom is 0.337 e. The Labute approximate surface area is 208 Å². The third-order valence-corrected chi connectivity index (χ3v) is 5.98. The second kappa shape index (κ2) is 10.9. The van der Waals surface area contributed by atoms with E-state index in [4.69, 9.17) is 9.47 Å². The first kappa shape index (κ1) is 24.7. The van der Waals surface area contributed by atoms with Crippen LogP contribution in [0.2, 0.25) is 0 Å². The van der Waals surface area contributed by atoms with Gasteiger partial charge in [-0.1, -0.05) is 24.3 Å². The van der Waals surface area contributed by atoms with Gasteiger partial charge in [-0.3, -0.25) is 9.59 Å². The number of aromatic nitrogens is 2. The quantitative estimate of drug-likeness (QED) is 0.212. The molecule has 1 N–H and O–H groups in total. The van der Waals surface area contributed by atoms with E-state index in [2.05, 4.69) is 4.98 Å². The smallest absolute Gasteiger partial charge is 0.337 e. The van der Waals surface area contributed by atoms with Crippen molar-refractivity contribution in [2.24, 2.45) is 0 Å². The first-order valence-electron chi connectivity index (χ1n) is 11.6. The minimum Gasteiger partial charge on any atom is -0.507 e. The molecule has 1 aromatic heterocycles. The number of aryl methyl sites for hydroxylation is 1. The molecule has 3 aromatic rings. The molecule has 9 heteroatoms. The Hall–Kier alpha value is -4.40. The maximum absolute atomic E-state index is 13.2. The molecule has 36 heavy (non-hydrogen) atoms. The SMILES string of the molecule is CCOc1cccc(/C(O)=C2\C(=O)C(=O)N(CCCn3ccnc3)C2c2ccc(C(=O)OC)cc2)c1. The van der Waals surface area contributed by atoms with E-state index in [0.717, 1.165) is 0 Å². The summed E-state index contributed by atoms with van der Waals surface area (Å²) < 4.78 is 12.2. The number of imidazole rings is 1. The molecule has 186 valence electrons. The lowest BCUT2D eigenvalue weighted by atomic mass is 9.94. The molecule has 0 radical (unpaired) electrons. The lowest BCUT2D eigenvalue weighted by Crippen LogP contribution is -2.31. The van der Waals surface area contributed by atoms with E-state index in [1.165, 1.54) is 12.0 Å². The second-order valence-electron chi connectivity index (χ2n) is 8.22. The van der Waals surface area contributed by atoms with E-state index in [9.17, 15) is 19.5 Å². The van der Waals surface area contributed by atoms with E-state index in [1.54, 1.807) is 61.1 Å². The summed E-state index contributed by atoms with van der Waals surface area (Å²) in [6.45, 7) is 3.17. The number of likely N-dealkylation sites (tertiary alicyclic amines) is 1. The summed E-state index contributed by atoms with van der Waals surface area (Å²) in [7, 11) is 1.29. The average molecular weight is 490 g/mol. The molecule has 4 rings (SSSR count). The predicted octanol–water partition coefficient (Wildman–Crippen LogP) is 3.58. The molecule has 1 saturated heterocycles. The van der Waals surface area contributed by atoms with Gasteiger partial charge in [-0.2, -0.15) is 0 Å². The second-order valence-corrected chi connectivity index (χ2v) is 8.22. The number of rotatable bonds is 9. The van der Waals surface area contributed by atoms with Crippen LogP contribution in [-0.2, 0) is 20.9 Å². The molecule has 1 fully saturated rings. The number of carbonyl (C=O) groups is 3. The molecule has 0 saturated carbocycles. The summed E-state index contributed by atoms with van der Waals surface area (Å²) in [6.07, 6.45) is 5.75. The number of hydrogen-bond donors (Lipinski definition) is 1.